The number of hydrogen-bond acceptors (Lipinski definition) is 5. The van der Waals surface area contributed by atoms with Crippen LogP contribution in [0.15, 0.2) is 27.6 Å². The summed E-state index contributed by atoms with van der Waals surface area (Å²) < 4.78 is 7.06. The molecule has 1 saturated carbocycles. The number of likely N-dealkylation sites (tertiary alicyclic amines) is 1. The van der Waals surface area contributed by atoms with Crippen molar-refractivity contribution < 1.29 is 4.52 Å². The summed E-state index contributed by atoms with van der Waals surface area (Å²) in [5, 5.41) is 8.34. The predicted molar refractivity (Wildman–Crippen MR) is 89.7 cm³/mol. The summed E-state index contributed by atoms with van der Waals surface area (Å²) in [4.78, 5) is 14.4. The molecule has 0 spiro atoms. The van der Waals surface area contributed by atoms with E-state index in [1.165, 1.54) is 18.4 Å². The largest absolute Gasteiger partial charge is 0.361 e. The second kappa shape index (κ2) is 6.51. The molecule has 2 fully saturated rings. The van der Waals surface area contributed by atoms with Crippen molar-refractivity contribution in [2.75, 3.05) is 13.1 Å². The molecule has 0 N–H and O–H groups in total. The Morgan fingerprint density at radius 2 is 2.00 bits per heavy atom. The molecule has 1 aliphatic carbocycles. The Morgan fingerprint density at radius 1 is 1.21 bits per heavy atom. The zero-order valence-electron chi connectivity index (χ0n) is 14.1. The Bertz CT molecular complexity index is 754. The maximum absolute atomic E-state index is 11.9. The molecule has 0 unspecified atom stereocenters. The summed E-state index contributed by atoms with van der Waals surface area (Å²) in [6.07, 6.45) is 6.57. The topological polar surface area (TPSA) is 64.2 Å². The van der Waals surface area contributed by atoms with E-state index in [9.17, 15) is 4.79 Å². The van der Waals surface area contributed by atoms with Gasteiger partial charge in [-0.1, -0.05) is 5.16 Å². The molecule has 0 aromatic carbocycles. The first-order valence-corrected chi connectivity index (χ1v) is 8.89. The standard InChI is InChI=1S/C18H24N4O2/c1-13-2-5-17(23)22(20-13)11-14-6-8-21(9-7-14)12-16-10-19-24-18(16)15-3-4-15/h2,5,10,14-15H,3-4,6-9,11-12H2,1H3. The third-order valence-corrected chi connectivity index (χ3v) is 5.16. The zero-order chi connectivity index (χ0) is 16.5. The zero-order valence-corrected chi connectivity index (χ0v) is 14.1. The van der Waals surface area contributed by atoms with E-state index < -0.39 is 0 Å². The van der Waals surface area contributed by atoms with Crippen molar-refractivity contribution in [1.29, 1.82) is 0 Å². The van der Waals surface area contributed by atoms with Crippen LogP contribution in [0.25, 0.3) is 0 Å². The molecule has 2 aromatic heterocycles. The quantitative estimate of drug-likeness (QED) is 0.843. The highest BCUT2D eigenvalue weighted by Crippen LogP contribution is 2.42. The number of aryl methyl sites for hydroxylation is 1. The average molecular weight is 328 g/mol. The lowest BCUT2D eigenvalue weighted by Crippen LogP contribution is -2.36. The summed E-state index contributed by atoms with van der Waals surface area (Å²) in [5.74, 6) is 2.24. The Hall–Kier alpha value is -1.95. The summed E-state index contributed by atoms with van der Waals surface area (Å²) in [5.41, 5.74) is 2.15. The van der Waals surface area contributed by atoms with E-state index in [1.807, 2.05) is 13.1 Å². The van der Waals surface area contributed by atoms with Gasteiger partial charge in [0.25, 0.3) is 5.56 Å². The minimum Gasteiger partial charge on any atom is -0.361 e. The predicted octanol–water partition coefficient (Wildman–Crippen LogP) is 2.33. The molecule has 6 heteroatoms. The molecular weight excluding hydrogens is 304 g/mol. The lowest BCUT2D eigenvalue weighted by atomic mass is 9.96. The highest BCUT2D eigenvalue weighted by molar-refractivity contribution is 5.21. The van der Waals surface area contributed by atoms with Crippen molar-refractivity contribution in [3.05, 3.63) is 45.7 Å². The number of piperidine rings is 1. The van der Waals surface area contributed by atoms with Gasteiger partial charge in [0.05, 0.1) is 11.9 Å². The number of aromatic nitrogens is 3. The van der Waals surface area contributed by atoms with Gasteiger partial charge < -0.3 is 4.52 Å². The van der Waals surface area contributed by atoms with Crippen LogP contribution in [0, 0.1) is 12.8 Å². The van der Waals surface area contributed by atoms with E-state index in [0.29, 0.717) is 11.8 Å². The summed E-state index contributed by atoms with van der Waals surface area (Å²) >= 11 is 0. The van der Waals surface area contributed by atoms with Gasteiger partial charge >= 0.3 is 0 Å². The molecule has 128 valence electrons. The molecule has 24 heavy (non-hydrogen) atoms. The minimum absolute atomic E-state index is 0.00146. The van der Waals surface area contributed by atoms with Crippen LogP contribution in [-0.4, -0.2) is 32.9 Å². The number of hydrogen-bond donors (Lipinski definition) is 0. The third kappa shape index (κ3) is 3.43. The van der Waals surface area contributed by atoms with E-state index in [1.54, 1.807) is 16.8 Å². The Labute approximate surface area is 141 Å². The van der Waals surface area contributed by atoms with Crippen LogP contribution >= 0.6 is 0 Å². The normalized spacial score (nSPS) is 19.7. The summed E-state index contributed by atoms with van der Waals surface area (Å²) in [7, 11) is 0. The molecule has 0 radical (unpaired) electrons. The lowest BCUT2D eigenvalue weighted by Gasteiger charge is -2.31. The smallest absolute Gasteiger partial charge is 0.266 e. The highest BCUT2D eigenvalue weighted by atomic mass is 16.5. The fourth-order valence-electron chi connectivity index (χ4n) is 3.56. The lowest BCUT2D eigenvalue weighted by molar-refractivity contribution is 0.162. The van der Waals surface area contributed by atoms with Gasteiger partial charge in [0, 0.05) is 30.6 Å². The summed E-state index contributed by atoms with van der Waals surface area (Å²) in [6, 6.07) is 3.39. The molecule has 0 atom stereocenters. The van der Waals surface area contributed by atoms with Crippen molar-refractivity contribution in [2.24, 2.45) is 5.92 Å². The first-order valence-electron chi connectivity index (χ1n) is 8.89. The van der Waals surface area contributed by atoms with Gasteiger partial charge in [-0.3, -0.25) is 9.69 Å². The van der Waals surface area contributed by atoms with Gasteiger partial charge in [-0.05, 0) is 57.7 Å². The monoisotopic (exact) mass is 328 g/mol. The fourth-order valence-corrected chi connectivity index (χ4v) is 3.56. The first kappa shape index (κ1) is 15.6. The fraction of sp³-hybridized carbons (Fsp3) is 0.611. The summed E-state index contributed by atoms with van der Waals surface area (Å²) in [6.45, 7) is 5.70. The van der Waals surface area contributed by atoms with Crippen LogP contribution in [0.5, 0.6) is 0 Å². The van der Waals surface area contributed by atoms with Crippen molar-refractivity contribution in [2.45, 2.75) is 51.6 Å². The maximum Gasteiger partial charge on any atom is 0.266 e. The van der Waals surface area contributed by atoms with Crippen molar-refractivity contribution >= 4 is 0 Å². The molecule has 4 rings (SSSR count). The van der Waals surface area contributed by atoms with Crippen molar-refractivity contribution in [1.82, 2.24) is 19.8 Å². The average Bonchev–Trinajstić information content (AvgIpc) is 3.32. The van der Waals surface area contributed by atoms with Gasteiger partial charge in [-0.25, -0.2) is 4.68 Å². The minimum atomic E-state index is 0.00146. The second-order valence-electron chi connectivity index (χ2n) is 7.20. The van der Waals surface area contributed by atoms with Crippen LogP contribution in [-0.2, 0) is 13.1 Å². The van der Waals surface area contributed by atoms with Gasteiger partial charge in [0.15, 0.2) is 0 Å². The van der Waals surface area contributed by atoms with Gasteiger partial charge in [0.1, 0.15) is 5.76 Å². The van der Waals surface area contributed by atoms with E-state index in [4.69, 9.17) is 4.52 Å². The van der Waals surface area contributed by atoms with Crippen LogP contribution < -0.4 is 5.56 Å². The van der Waals surface area contributed by atoms with Crippen LogP contribution in [0.1, 0.15) is 48.6 Å². The number of nitrogens with zero attached hydrogens (tertiary/aromatic N) is 4. The van der Waals surface area contributed by atoms with Crippen molar-refractivity contribution in [3.63, 3.8) is 0 Å². The SMILES string of the molecule is Cc1ccc(=O)n(CC2CCN(Cc3cnoc3C3CC3)CC2)n1. The molecule has 1 saturated heterocycles. The Morgan fingerprint density at radius 3 is 2.75 bits per heavy atom. The van der Waals surface area contributed by atoms with E-state index in [0.717, 1.165) is 50.5 Å². The molecule has 0 bridgehead atoms. The Kier molecular flexibility index (Phi) is 4.22. The highest BCUT2D eigenvalue weighted by Gasteiger charge is 2.31. The van der Waals surface area contributed by atoms with Crippen molar-refractivity contribution in [3.8, 4) is 0 Å². The maximum atomic E-state index is 11.9. The molecule has 3 heterocycles. The van der Waals surface area contributed by atoms with Crippen LogP contribution in [0.4, 0.5) is 0 Å². The second-order valence-corrected chi connectivity index (χ2v) is 7.20. The van der Waals surface area contributed by atoms with Gasteiger partial charge in [0.2, 0.25) is 0 Å². The molecular formula is C18H24N4O2. The Balaban J connectivity index is 1.32. The van der Waals surface area contributed by atoms with Gasteiger partial charge in [-0.2, -0.15) is 5.10 Å². The van der Waals surface area contributed by atoms with Crippen LogP contribution in [0.3, 0.4) is 0 Å². The molecule has 6 nitrogen and oxygen atoms in total. The van der Waals surface area contributed by atoms with Gasteiger partial charge in [-0.15, -0.1) is 0 Å². The van der Waals surface area contributed by atoms with E-state index in [-0.39, 0.29) is 5.56 Å². The first-order chi connectivity index (χ1) is 11.7. The molecule has 0 amide bonds. The molecule has 2 aliphatic rings. The van der Waals surface area contributed by atoms with E-state index >= 15 is 0 Å². The third-order valence-electron chi connectivity index (χ3n) is 5.16. The number of rotatable bonds is 5. The van der Waals surface area contributed by atoms with Crippen LogP contribution in [0.2, 0.25) is 0 Å². The van der Waals surface area contributed by atoms with E-state index in [2.05, 4.69) is 15.2 Å². The molecule has 1 aliphatic heterocycles. The molecule has 2 aromatic rings.